The minimum Gasteiger partial charge on any atom is -0.310 e. The van der Waals surface area contributed by atoms with E-state index in [1.54, 1.807) is 0 Å². The summed E-state index contributed by atoms with van der Waals surface area (Å²) in [4.78, 5) is 0. The van der Waals surface area contributed by atoms with Crippen molar-refractivity contribution in [2.75, 3.05) is 6.54 Å². The van der Waals surface area contributed by atoms with Gasteiger partial charge in [-0.25, -0.2) is 0 Å². The fraction of sp³-hybridized carbons (Fsp3) is 0.684. The molecule has 0 aliphatic heterocycles. The minimum atomic E-state index is 0.466. The average Bonchev–Trinajstić information content (AvgIpc) is 2.45. The first-order chi connectivity index (χ1) is 9.56. The quantitative estimate of drug-likeness (QED) is 0.769. The second-order valence-corrected chi connectivity index (χ2v) is 7.09. The third-order valence-corrected chi connectivity index (χ3v) is 4.86. The fourth-order valence-electron chi connectivity index (χ4n) is 3.38. The molecule has 0 spiro atoms. The molecule has 3 unspecified atom stereocenters. The maximum atomic E-state index is 3.74. The summed E-state index contributed by atoms with van der Waals surface area (Å²) in [5.74, 6) is 2.43. The van der Waals surface area contributed by atoms with Crippen LogP contribution in [0.5, 0.6) is 0 Å². The van der Waals surface area contributed by atoms with Crippen LogP contribution < -0.4 is 5.32 Å². The molecule has 1 saturated carbocycles. The smallest absolute Gasteiger partial charge is 0.0291 e. The maximum absolute atomic E-state index is 3.74. The molecule has 1 N–H and O–H groups in total. The molecule has 1 aliphatic rings. The lowest BCUT2D eigenvalue weighted by atomic mass is 9.82. The Morgan fingerprint density at radius 1 is 1.05 bits per heavy atom. The summed E-state index contributed by atoms with van der Waals surface area (Å²) in [6, 6.07) is 9.60. The van der Waals surface area contributed by atoms with Crippen LogP contribution in [0.1, 0.15) is 76.5 Å². The van der Waals surface area contributed by atoms with Gasteiger partial charge in [-0.05, 0) is 55.2 Å². The summed E-state index contributed by atoms with van der Waals surface area (Å²) in [6.07, 6.45) is 5.68. The second kappa shape index (κ2) is 7.26. The Bertz CT molecular complexity index is 393. The third kappa shape index (κ3) is 4.34. The van der Waals surface area contributed by atoms with Crippen LogP contribution in [0.2, 0.25) is 0 Å². The number of hydrogen-bond donors (Lipinski definition) is 1. The highest BCUT2D eigenvalue weighted by molar-refractivity contribution is 5.26. The van der Waals surface area contributed by atoms with Crippen molar-refractivity contribution >= 4 is 0 Å². The summed E-state index contributed by atoms with van der Waals surface area (Å²) >= 11 is 0. The maximum Gasteiger partial charge on any atom is 0.0291 e. The molecular formula is C19H31N. The monoisotopic (exact) mass is 273 g/mol. The summed E-state index contributed by atoms with van der Waals surface area (Å²) in [5.41, 5.74) is 2.85. The van der Waals surface area contributed by atoms with E-state index in [0.717, 1.165) is 11.8 Å². The first-order valence-corrected chi connectivity index (χ1v) is 8.39. The van der Waals surface area contributed by atoms with E-state index in [2.05, 4.69) is 57.3 Å². The van der Waals surface area contributed by atoms with E-state index in [1.165, 1.54) is 43.4 Å². The first-order valence-electron chi connectivity index (χ1n) is 8.39. The molecule has 0 heterocycles. The second-order valence-electron chi connectivity index (χ2n) is 7.09. The molecule has 112 valence electrons. The molecule has 2 rings (SSSR count). The number of rotatable bonds is 5. The van der Waals surface area contributed by atoms with Crippen LogP contribution in [-0.2, 0) is 0 Å². The van der Waals surface area contributed by atoms with Gasteiger partial charge in [0.2, 0.25) is 0 Å². The Balaban J connectivity index is 1.83. The Morgan fingerprint density at radius 3 is 2.30 bits per heavy atom. The zero-order valence-electron chi connectivity index (χ0n) is 13.7. The summed E-state index contributed by atoms with van der Waals surface area (Å²) in [7, 11) is 0. The van der Waals surface area contributed by atoms with Gasteiger partial charge in [0.15, 0.2) is 0 Å². The Labute approximate surface area is 125 Å². The molecule has 1 nitrogen and oxygen atoms in total. The van der Waals surface area contributed by atoms with Crippen molar-refractivity contribution in [3.05, 3.63) is 35.4 Å². The van der Waals surface area contributed by atoms with E-state index in [0.29, 0.717) is 12.0 Å². The van der Waals surface area contributed by atoms with Crippen molar-refractivity contribution in [2.24, 2.45) is 11.8 Å². The molecule has 1 heteroatoms. The van der Waals surface area contributed by atoms with Gasteiger partial charge in [0.25, 0.3) is 0 Å². The first kappa shape index (κ1) is 15.6. The van der Waals surface area contributed by atoms with Gasteiger partial charge < -0.3 is 5.32 Å². The van der Waals surface area contributed by atoms with Crippen LogP contribution in [0, 0.1) is 11.8 Å². The van der Waals surface area contributed by atoms with Crippen LogP contribution in [-0.4, -0.2) is 6.54 Å². The van der Waals surface area contributed by atoms with Gasteiger partial charge >= 0.3 is 0 Å². The summed E-state index contributed by atoms with van der Waals surface area (Å²) in [6.45, 7) is 10.4. The van der Waals surface area contributed by atoms with Gasteiger partial charge in [-0.15, -0.1) is 0 Å². The zero-order chi connectivity index (χ0) is 14.5. The molecule has 1 fully saturated rings. The van der Waals surface area contributed by atoms with Crippen LogP contribution in [0.4, 0.5) is 0 Å². The van der Waals surface area contributed by atoms with Crippen molar-refractivity contribution in [2.45, 2.75) is 65.3 Å². The van der Waals surface area contributed by atoms with Gasteiger partial charge in [0, 0.05) is 6.04 Å². The molecule has 20 heavy (non-hydrogen) atoms. The molecule has 1 aromatic carbocycles. The van der Waals surface area contributed by atoms with Crippen LogP contribution in [0.15, 0.2) is 24.3 Å². The highest BCUT2D eigenvalue weighted by atomic mass is 14.9. The highest BCUT2D eigenvalue weighted by Crippen LogP contribution is 2.28. The number of benzene rings is 1. The molecule has 1 aromatic rings. The van der Waals surface area contributed by atoms with Crippen molar-refractivity contribution in [3.8, 4) is 0 Å². The molecule has 0 aromatic heterocycles. The van der Waals surface area contributed by atoms with E-state index in [4.69, 9.17) is 0 Å². The predicted molar refractivity (Wildman–Crippen MR) is 88.1 cm³/mol. The van der Waals surface area contributed by atoms with Gasteiger partial charge in [-0.2, -0.15) is 0 Å². The molecule has 0 bridgehead atoms. The van der Waals surface area contributed by atoms with Gasteiger partial charge in [0.05, 0.1) is 0 Å². The van der Waals surface area contributed by atoms with Crippen molar-refractivity contribution in [3.63, 3.8) is 0 Å². The van der Waals surface area contributed by atoms with E-state index in [-0.39, 0.29) is 0 Å². The molecule has 3 atom stereocenters. The van der Waals surface area contributed by atoms with Gasteiger partial charge in [-0.1, -0.05) is 57.9 Å². The average molecular weight is 273 g/mol. The molecule has 0 saturated heterocycles. The molecule has 1 aliphatic carbocycles. The lowest BCUT2D eigenvalue weighted by molar-refractivity contribution is 0.268. The highest BCUT2D eigenvalue weighted by Gasteiger charge is 2.19. The largest absolute Gasteiger partial charge is 0.310 e. The lowest BCUT2D eigenvalue weighted by Crippen LogP contribution is -2.28. The van der Waals surface area contributed by atoms with E-state index >= 15 is 0 Å². The standard InChI is InChI=1S/C19H31N/c1-14(2)18-8-10-19(11-9-18)16(4)20-13-17-7-5-6-15(3)12-17/h8-11,14-17,20H,5-7,12-13H2,1-4H3. The molecule has 0 amide bonds. The van der Waals surface area contributed by atoms with Crippen molar-refractivity contribution in [1.29, 1.82) is 0 Å². The Kier molecular flexibility index (Phi) is 5.65. The van der Waals surface area contributed by atoms with Crippen molar-refractivity contribution < 1.29 is 0 Å². The van der Waals surface area contributed by atoms with Crippen molar-refractivity contribution in [1.82, 2.24) is 5.32 Å². The van der Waals surface area contributed by atoms with E-state index < -0.39 is 0 Å². The van der Waals surface area contributed by atoms with Gasteiger partial charge in [0.1, 0.15) is 0 Å². The SMILES string of the molecule is CC1CCCC(CNC(C)c2ccc(C(C)C)cc2)C1. The predicted octanol–water partition coefficient (Wildman–Crippen LogP) is 5.29. The van der Waals surface area contributed by atoms with Crippen LogP contribution in [0.25, 0.3) is 0 Å². The van der Waals surface area contributed by atoms with E-state index in [1.807, 2.05) is 0 Å². The summed E-state index contributed by atoms with van der Waals surface area (Å²) < 4.78 is 0. The Morgan fingerprint density at radius 2 is 1.70 bits per heavy atom. The number of nitrogens with one attached hydrogen (secondary N) is 1. The molecular weight excluding hydrogens is 242 g/mol. The molecule has 0 radical (unpaired) electrons. The van der Waals surface area contributed by atoms with Crippen LogP contribution >= 0.6 is 0 Å². The van der Waals surface area contributed by atoms with E-state index in [9.17, 15) is 0 Å². The van der Waals surface area contributed by atoms with Crippen LogP contribution in [0.3, 0.4) is 0 Å². The van der Waals surface area contributed by atoms with Gasteiger partial charge in [-0.3, -0.25) is 0 Å². The summed E-state index contributed by atoms with van der Waals surface area (Å²) in [5, 5.41) is 3.74. The number of hydrogen-bond acceptors (Lipinski definition) is 1. The normalized spacial score (nSPS) is 24.9. The Hall–Kier alpha value is -0.820. The lowest BCUT2D eigenvalue weighted by Gasteiger charge is -2.28. The minimum absolute atomic E-state index is 0.466. The third-order valence-electron chi connectivity index (χ3n) is 4.86. The zero-order valence-corrected chi connectivity index (χ0v) is 13.7. The fourth-order valence-corrected chi connectivity index (χ4v) is 3.38. The topological polar surface area (TPSA) is 12.0 Å².